The molecule has 1 saturated carbocycles. The fourth-order valence-electron chi connectivity index (χ4n) is 13.3. The molecule has 0 bridgehead atoms. The van der Waals surface area contributed by atoms with E-state index in [-0.39, 0.29) is 34.0 Å². The average molecular weight is 836 g/mol. The molecule has 0 N–H and O–H groups in total. The summed E-state index contributed by atoms with van der Waals surface area (Å²) >= 11 is 0. The van der Waals surface area contributed by atoms with Crippen molar-refractivity contribution in [3.8, 4) is 28.3 Å². The van der Waals surface area contributed by atoms with Gasteiger partial charge in [-0.2, -0.15) is 5.26 Å². The number of nitrogens with zero attached hydrogens (tertiary/aromatic N) is 1. The summed E-state index contributed by atoms with van der Waals surface area (Å²) in [6.07, 6.45) is 4.65. The number of rotatable bonds is 8. The number of hydrogen-bond acceptors (Lipinski definition) is 1. The van der Waals surface area contributed by atoms with E-state index in [0.717, 1.165) is 18.4 Å². The Labute approximate surface area is 384 Å². The van der Waals surface area contributed by atoms with Crippen molar-refractivity contribution in [1.29, 1.82) is 5.26 Å². The van der Waals surface area contributed by atoms with E-state index in [1.807, 2.05) is 6.07 Å². The van der Waals surface area contributed by atoms with Crippen molar-refractivity contribution in [3.63, 3.8) is 0 Å². The molecular formula is C63H65N. The smallest absolute Gasteiger partial charge is 0.0991 e. The van der Waals surface area contributed by atoms with Crippen LogP contribution < -0.4 is 0 Å². The minimum Gasteiger partial charge on any atom is -0.192 e. The molecule has 322 valence electrons. The molecule has 1 fully saturated rings. The molecule has 64 heavy (non-hydrogen) atoms. The van der Waals surface area contributed by atoms with Gasteiger partial charge < -0.3 is 0 Å². The number of hydrogen-bond donors (Lipinski definition) is 0. The van der Waals surface area contributed by atoms with Crippen molar-refractivity contribution in [1.82, 2.24) is 0 Å². The molecule has 6 aromatic rings. The van der Waals surface area contributed by atoms with E-state index in [4.69, 9.17) is 0 Å². The van der Waals surface area contributed by atoms with E-state index in [2.05, 4.69) is 204 Å². The molecule has 10 rings (SSSR count). The zero-order chi connectivity index (χ0) is 45.2. The third-order valence-electron chi connectivity index (χ3n) is 16.0. The first-order valence-corrected chi connectivity index (χ1v) is 24.1. The molecule has 0 saturated heterocycles. The Bertz CT molecular complexity index is 2980. The van der Waals surface area contributed by atoms with Crippen LogP contribution in [-0.2, 0) is 11.8 Å². The normalized spacial score (nSPS) is 20.7. The number of fused-ring (bicyclic) bond motifs is 10. The standard InChI is InChI=1S/C63H65N/c1-13-44(61(8,9)10)34-62(11,12)60-59(51-30-40(35-64)25-24-39(51)7)63(60)53-28-27-46-45-26-23-38(6)29-43(45)33-52(46)55(53)57-56(47-21-17-18-22-48(47)58(57)63)54-49(36(2)3)31-42(32-50(54)37(4)5)41-19-15-14-16-20-41/h14-32,34,36-37,56,59-60H,13,33H2,1-12H3/b44-34+. The van der Waals surface area contributed by atoms with Gasteiger partial charge in [-0.3, -0.25) is 0 Å². The summed E-state index contributed by atoms with van der Waals surface area (Å²) in [6, 6.07) is 46.8. The van der Waals surface area contributed by atoms with Crippen LogP contribution in [0, 0.1) is 41.9 Å². The molecule has 1 spiro atoms. The lowest BCUT2D eigenvalue weighted by Gasteiger charge is -2.31. The second-order valence-corrected chi connectivity index (χ2v) is 22.0. The van der Waals surface area contributed by atoms with Crippen LogP contribution in [0.15, 0.2) is 127 Å². The molecule has 0 aliphatic heterocycles. The topological polar surface area (TPSA) is 23.8 Å². The zero-order valence-corrected chi connectivity index (χ0v) is 40.3. The van der Waals surface area contributed by atoms with Gasteiger partial charge in [0.2, 0.25) is 0 Å². The Morgan fingerprint density at radius 3 is 2.06 bits per heavy atom. The highest BCUT2D eigenvalue weighted by Gasteiger charge is 2.76. The fourth-order valence-corrected chi connectivity index (χ4v) is 13.3. The van der Waals surface area contributed by atoms with E-state index in [1.165, 1.54) is 94.6 Å². The van der Waals surface area contributed by atoms with Crippen LogP contribution in [0.25, 0.3) is 33.4 Å². The Morgan fingerprint density at radius 2 is 1.41 bits per heavy atom. The summed E-state index contributed by atoms with van der Waals surface area (Å²) in [5.74, 6) is 1.16. The van der Waals surface area contributed by atoms with E-state index in [0.29, 0.717) is 11.8 Å². The maximum absolute atomic E-state index is 10.5. The summed E-state index contributed by atoms with van der Waals surface area (Å²) in [5.41, 5.74) is 27.5. The van der Waals surface area contributed by atoms with Gasteiger partial charge in [0.25, 0.3) is 0 Å². The van der Waals surface area contributed by atoms with Crippen molar-refractivity contribution in [2.24, 2.45) is 16.7 Å². The quantitative estimate of drug-likeness (QED) is 0.140. The molecule has 0 radical (unpaired) electrons. The Hall–Kier alpha value is -5.71. The Kier molecular flexibility index (Phi) is 9.85. The van der Waals surface area contributed by atoms with Crippen LogP contribution >= 0.6 is 0 Å². The second-order valence-electron chi connectivity index (χ2n) is 22.0. The van der Waals surface area contributed by atoms with Crippen LogP contribution in [-0.4, -0.2) is 0 Å². The lowest BCUT2D eigenvalue weighted by atomic mass is 9.72. The molecule has 0 amide bonds. The third-order valence-corrected chi connectivity index (χ3v) is 16.0. The van der Waals surface area contributed by atoms with Gasteiger partial charge in [-0.05, 0) is 162 Å². The van der Waals surface area contributed by atoms with Gasteiger partial charge in [-0.1, -0.05) is 190 Å². The van der Waals surface area contributed by atoms with Crippen molar-refractivity contribution in [2.45, 2.75) is 125 Å². The molecule has 1 nitrogen and oxygen atoms in total. The van der Waals surface area contributed by atoms with Gasteiger partial charge in [0.05, 0.1) is 11.6 Å². The van der Waals surface area contributed by atoms with Crippen molar-refractivity contribution in [2.75, 3.05) is 0 Å². The largest absolute Gasteiger partial charge is 0.192 e. The fraction of sp³-hybridized carbons (Fsp3) is 0.349. The Morgan fingerprint density at radius 1 is 0.734 bits per heavy atom. The van der Waals surface area contributed by atoms with Gasteiger partial charge in [0.1, 0.15) is 0 Å². The van der Waals surface area contributed by atoms with Crippen LogP contribution in [0.1, 0.15) is 172 Å². The van der Waals surface area contributed by atoms with Crippen LogP contribution in [0.5, 0.6) is 0 Å². The lowest BCUT2D eigenvalue weighted by molar-refractivity contribution is 0.366. The number of nitriles is 1. The average Bonchev–Trinajstić information content (AvgIpc) is 3.48. The minimum absolute atomic E-state index is 0.0560. The predicted octanol–water partition coefficient (Wildman–Crippen LogP) is 16.8. The van der Waals surface area contributed by atoms with E-state index >= 15 is 0 Å². The van der Waals surface area contributed by atoms with E-state index < -0.39 is 0 Å². The molecule has 1 heteroatoms. The molecule has 0 heterocycles. The molecule has 0 aromatic heterocycles. The number of benzene rings is 6. The first kappa shape index (κ1) is 42.3. The highest BCUT2D eigenvalue weighted by molar-refractivity contribution is 6.13. The molecule has 4 unspecified atom stereocenters. The van der Waals surface area contributed by atoms with Gasteiger partial charge in [-0.25, -0.2) is 0 Å². The van der Waals surface area contributed by atoms with E-state index in [9.17, 15) is 5.26 Å². The molecule has 6 aromatic carbocycles. The zero-order valence-electron chi connectivity index (χ0n) is 40.3. The maximum atomic E-state index is 10.5. The Balaban J connectivity index is 1.35. The molecule has 4 aliphatic carbocycles. The number of allylic oxidation sites excluding steroid dienone is 4. The summed E-state index contributed by atoms with van der Waals surface area (Å²) in [6.45, 7) is 28.7. The predicted molar refractivity (Wildman–Crippen MR) is 270 cm³/mol. The van der Waals surface area contributed by atoms with Gasteiger partial charge >= 0.3 is 0 Å². The SMILES string of the molecule is CC/C(=C\C(C)(C)C1C(c2cc(C#N)ccc2C)C12C1=C(c3c2ccc2c3Cc3cc(C)ccc3-2)C(c2c(C(C)C)cc(-c3ccccc3)cc2C(C)C)c2ccccc21)C(C)(C)C. The highest BCUT2D eigenvalue weighted by Crippen LogP contribution is 2.83. The van der Waals surface area contributed by atoms with Crippen LogP contribution in [0.3, 0.4) is 0 Å². The first-order valence-electron chi connectivity index (χ1n) is 24.1. The summed E-state index contributed by atoms with van der Waals surface area (Å²) in [5, 5.41) is 10.5. The van der Waals surface area contributed by atoms with Gasteiger partial charge in [0.15, 0.2) is 0 Å². The monoisotopic (exact) mass is 836 g/mol. The highest BCUT2D eigenvalue weighted by atomic mass is 14.8. The summed E-state index contributed by atoms with van der Waals surface area (Å²) in [7, 11) is 0. The molecule has 4 atom stereocenters. The van der Waals surface area contributed by atoms with Crippen LogP contribution in [0.2, 0.25) is 0 Å². The van der Waals surface area contributed by atoms with E-state index in [1.54, 1.807) is 11.1 Å². The second kappa shape index (κ2) is 14.9. The molecular weight excluding hydrogens is 771 g/mol. The number of aryl methyl sites for hydroxylation is 2. The minimum atomic E-state index is -0.301. The van der Waals surface area contributed by atoms with Gasteiger partial charge in [-0.15, -0.1) is 0 Å². The van der Waals surface area contributed by atoms with Crippen LogP contribution in [0.4, 0.5) is 0 Å². The first-order chi connectivity index (χ1) is 30.5. The van der Waals surface area contributed by atoms with Crippen molar-refractivity contribution in [3.05, 3.63) is 199 Å². The maximum Gasteiger partial charge on any atom is 0.0991 e. The summed E-state index contributed by atoms with van der Waals surface area (Å²) in [4.78, 5) is 0. The molecule has 4 aliphatic rings. The van der Waals surface area contributed by atoms with Crippen molar-refractivity contribution >= 4 is 11.1 Å². The van der Waals surface area contributed by atoms with Crippen molar-refractivity contribution < 1.29 is 0 Å². The van der Waals surface area contributed by atoms with Gasteiger partial charge in [0, 0.05) is 17.3 Å². The lowest BCUT2D eigenvalue weighted by Crippen LogP contribution is -2.23. The summed E-state index contributed by atoms with van der Waals surface area (Å²) < 4.78 is 0. The third kappa shape index (κ3) is 6.15.